The minimum absolute atomic E-state index is 0.231. The summed E-state index contributed by atoms with van der Waals surface area (Å²) in [5.74, 6) is -0.257. The number of rotatable bonds is 10. The Balaban J connectivity index is 3.27. The van der Waals surface area contributed by atoms with E-state index in [1.165, 1.54) is 19.3 Å². The Kier molecular flexibility index (Phi) is 10.0. The Labute approximate surface area is 97.5 Å². The molecule has 0 aromatic carbocycles. The summed E-state index contributed by atoms with van der Waals surface area (Å²) in [6.45, 7) is 2.65. The van der Waals surface area contributed by atoms with E-state index < -0.39 is 6.04 Å². The van der Waals surface area contributed by atoms with Gasteiger partial charge in [0.15, 0.2) is 0 Å². The molecule has 0 amide bonds. The van der Waals surface area contributed by atoms with Gasteiger partial charge in [0.1, 0.15) is 6.29 Å². The Morgan fingerprint density at radius 3 is 2.62 bits per heavy atom. The lowest BCUT2D eigenvalue weighted by molar-refractivity contribution is -0.143. The smallest absolute Gasteiger partial charge is 0.305 e. The Hall–Kier alpha value is -0.900. The van der Waals surface area contributed by atoms with Crippen LogP contribution in [0.2, 0.25) is 0 Å². The lowest BCUT2D eigenvalue weighted by Crippen LogP contribution is -2.22. The van der Waals surface area contributed by atoms with Crippen molar-refractivity contribution in [3.05, 3.63) is 0 Å². The zero-order valence-electron chi connectivity index (χ0n) is 10.1. The first-order valence-electron chi connectivity index (χ1n) is 6.07. The van der Waals surface area contributed by atoms with Crippen LogP contribution in [0.25, 0.3) is 0 Å². The van der Waals surface area contributed by atoms with Gasteiger partial charge in [-0.1, -0.05) is 32.6 Å². The Morgan fingerprint density at radius 1 is 1.31 bits per heavy atom. The third-order valence-electron chi connectivity index (χ3n) is 2.37. The molecule has 94 valence electrons. The van der Waals surface area contributed by atoms with Crippen molar-refractivity contribution in [2.45, 2.75) is 57.9 Å². The number of hydrogen-bond acceptors (Lipinski definition) is 4. The quantitative estimate of drug-likeness (QED) is 0.352. The Morgan fingerprint density at radius 2 is 2.00 bits per heavy atom. The van der Waals surface area contributed by atoms with Crippen molar-refractivity contribution in [2.75, 3.05) is 6.61 Å². The molecule has 0 radical (unpaired) electrons. The van der Waals surface area contributed by atoms with Crippen LogP contribution < -0.4 is 5.73 Å². The molecular weight excluding hydrogens is 206 g/mol. The number of ether oxygens (including phenoxy) is 1. The van der Waals surface area contributed by atoms with Crippen LogP contribution in [-0.2, 0) is 14.3 Å². The fraction of sp³-hybridized carbons (Fsp3) is 0.833. The van der Waals surface area contributed by atoms with Crippen molar-refractivity contribution in [1.82, 2.24) is 0 Å². The van der Waals surface area contributed by atoms with Gasteiger partial charge in [0.2, 0.25) is 0 Å². The summed E-state index contributed by atoms with van der Waals surface area (Å²) in [5, 5.41) is 0. The average molecular weight is 229 g/mol. The van der Waals surface area contributed by atoms with Crippen LogP contribution in [0.15, 0.2) is 0 Å². The molecule has 0 rings (SSSR count). The van der Waals surface area contributed by atoms with Crippen LogP contribution in [-0.4, -0.2) is 24.9 Å². The van der Waals surface area contributed by atoms with Crippen molar-refractivity contribution in [1.29, 1.82) is 0 Å². The van der Waals surface area contributed by atoms with Crippen molar-refractivity contribution >= 4 is 12.3 Å². The van der Waals surface area contributed by atoms with Crippen LogP contribution >= 0.6 is 0 Å². The minimum atomic E-state index is -0.544. The molecular formula is C12H23NO3. The maximum atomic E-state index is 11.2. The first kappa shape index (κ1) is 15.1. The number of carbonyl (C=O) groups is 2. The highest BCUT2D eigenvalue weighted by molar-refractivity contribution is 5.70. The predicted molar refractivity (Wildman–Crippen MR) is 63.0 cm³/mol. The summed E-state index contributed by atoms with van der Waals surface area (Å²) in [7, 11) is 0. The lowest BCUT2D eigenvalue weighted by Gasteiger charge is -2.05. The van der Waals surface area contributed by atoms with E-state index in [2.05, 4.69) is 6.92 Å². The summed E-state index contributed by atoms with van der Waals surface area (Å²) in [6, 6.07) is -0.544. The second kappa shape index (κ2) is 10.6. The monoisotopic (exact) mass is 229 g/mol. The summed E-state index contributed by atoms with van der Waals surface area (Å²) >= 11 is 0. The van der Waals surface area contributed by atoms with E-state index >= 15 is 0 Å². The highest BCUT2D eigenvalue weighted by atomic mass is 16.5. The highest BCUT2D eigenvalue weighted by Gasteiger charge is 2.06. The lowest BCUT2D eigenvalue weighted by atomic mass is 10.2. The number of unbranched alkanes of at least 4 members (excludes halogenated alkanes) is 4. The molecule has 0 heterocycles. The van der Waals surface area contributed by atoms with E-state index in [-0.39, 0.29) is 12.4 Å². The van der Waals surface area contributed by atoms with Crippen molar-refractivity contribution in [2.24, 2.45) is 5.73 Å². The van der Waals surface area contributed by atoms with Gasteiger partial charge in [0, 0.05) is 6.42 Å². The number of carbonyl (C=O) groups excluding carboxylic acids is 2. The van der Waals surface area contributed by atoms with Crippen LogP contribution in [0.4, 0.5) is 0 Å². The van der Waals surface area contributed by atoms with E-state index in [1.807, 2.05) is 0 Å². The van der Waals surface area contributed by atoms with Gasteiger partial charge in [0.05, 0.1) is 12.6 Å². The zero-order valence-corrected chi connectivity index (χ0v) is 10.1. The van der Waals surface area contributed by atoms with Crippen molar-refractivity contribution < 1.29 is 14.3 Å². The summed E-state index contributed by atoms with van der Waals surface area (Å²) < 4.78 is 5.01. The molecule has 0 saturated carbocycles. The van der Waals surface area contributed by atoms with Gasteiger partial charge >= 0.3 is 5.97 Å². The van der Waals surface area contributed by atoms with Crippen molar-refractivity contribution in [3.63, 3.8) is 0 Å². The second-order valence-electron chi connectivity index (χ2n) is 3.97. The second-order valence-corrected chi connectivity index (χ2v) is 3.97. The number of nitrogens with two attached hydrogens (primary N) is 1. The molecule has 0 aromatic rings. The molecule has 0 aromatic heterocycles. The molecule has 4 heteroatoms. The average Bonchev–Trinajstić information content (AvgIpc) is 2.30. The van der Waals surface area contributed by atoms with E-state index in [0.29, 0.717) is 19.3 Å². The van der Waals surface area contributed by atoms with E-state index in [9.17, 15) is 9.59 Å². The molecule has 0 bridgehead atoms. The molecule has 0 fully saturated rings. The largest absolute Gasteiger partial charge is 0.466 e. The standard InChI is InChI=1S/C12H23NO3/c1-2-3-4-5-6-9-16-12(15)8-7-11(13)10-14/h10-11H,2-9,13H2,1H3/t11-/m0/s1. The first-order chi connectivity index (χ1) is 7.70. The third-order valence-corrected chi connectivity index (χ3v) is 2.37. The minimum Gasteiger partial charge on any atom is -0.466 e. The maximum absolute atomic E-state index is 11.2. The summed E-state index contributed by atoms with van der Waals surface area (Å²) in [4.78, 5) is 21.4. The molecule has 0 aliphatic carbocycles. The first-order valence-corrected chi connectivity index (χ1v) is 6.07. The van der Waals surface area contributed by atoms with E-state index in [1.54, 1.807) is 0 Å². The highest BCUT2D eigenvalue weighted by Crippen LogP contribution is 2.03. The van der Waals surface area contributed by atoms with Crippen LogP contribution in [0.5, 0.6) is 0 Å². The number of esters is 1. The maximum Gasteiger partial charge on any atom is 0.305 e. The fourth-order valence-electron chi connectivity index (χ4n) is 1.32. The number of hydrogen-bond donors (Lipinski definition) is 1. The van der Waals surface area contributed by atoms with Gasteiger partial charge < -0.3 is 15.3 Å². The normalized spacial score (nSPS) is 12.1. The van der Waals surface area contributed by atoms with Crippen molar-refractivity contribution in [3.8, 4) is 0 Å². The molecule has 2 N–H and O–H groups in total. The number of aldehydes is 1. The molecule has 16 heavy (non-hydrogen) atoms. The molecule has 0 saturated heterocycles. The van der Waals surface area contributed by atoms with Gasteiger partial charge in [-0.2, -0.15) is 0 Å². The van der Waals surface area contributed by atoms with Gasteiger partial charge in [-0.3, -0.25) is 4.79 Å². The Bertz CT molecular complexity index is 195. The summed E-state index contributed by atoms with van der Waals surface area (Å²) in [6.07, 6.45) is 6.93. The molecule has 1 atom stereocenters. The zero-order chi connectivity index (χ0) is 12.2. The van der Waals surface area contributed by atoms with Gasteiger partial charge in [-0.05, 0) is 12.8 Å². The van der Waals surface area contributed by atoms with Crippen LogP contribution in [0.3, 0.4) is 0 Å². The summed E-state index contributed by atoms with van der Waals surface area (Å²) in [5.41, 5.74) is 5.36. The molecule has 0 aliphatic heterocycles. The van der Waals surface area contributed by atoms with E-state index in [0.717, 1.165) is 12.8 Å². The van der Waals surface area contributed by atoms with Gasteiger partial charge in [0.25, 0.3) is 0 Å². The topological polar surface area (TPSA) is 69.4 Å². The molecule has 0 unspecified atom stereocenters. The predicted octanol–water partition coefficient (Wildman–Crippen LogP) is 1.81. The van der Waals surface area contributed by atoms with Gasteiger partial charge in [-0.15, -0.1) is 0 Å². The van der Waals surface area contributed by atoms with E-state index in [4.69, 9.17) is 10.5 Å². The molecule has 0 spiro atoms. The molecule has 0 aliphatic rings. The molecule has 4 nitrogen and oxygen atoms in total. The third kappa shape index (κ3) is 9.65. The van der Waals surface area contributed by atoms with Gasteiger partial charge in [-0.25, -0.2) is 0 Å². The SMILES string of the molecule is CCCCCCCOC(=O)CC[C@H](N)C=O. The fourth-order valence-corrected chi connectivity index (χ4v) is 1.32. The van der Waals surface area contributed by atoms with Crippen LogP contribution in [0.1, 0.15) is 51.9 Å². The van der Waals surface area contributed by atoms with Crippen LogP contribution in [0, 0.1) is 0 Å².